The third-order valence-corrected chi connectivity index (χ3v) is 2.79. The molecular formula is C11H11N5. The lowest BCUT2D eigenvalue weighted by Crippen LogP contribution is -1.85. The van der Waals surface area contributed by atoms with E-state index in [4.69, 9.17) is 0 Å². The first-order valence-corrected chi connectivity index (χ1v) is 5.05. The molecule has 0 unspecified atom stereocenters. The van der Waals surface area contributed by atoms with E-state index in [-0.39, 0.29) is 0 Å². The molecule has 0 aliphatic heterocycles. The molecule has 0 aliphatic carbocycles. The first-order valence-electron chi connectivity index (χ1n) is 5.05. The van der Waals surface area contributed by atoms with Gasteiger partial charge in [0.2, 0.25) is 5.82 Å². The molecule has 2 heterocycles. The Bertz CT molecular complexity index is 636. The molecule has 0 atom stereocenters. The zero-order valence-electron chi connectivity index (χ0n) is 9.10. The van der Waals surface area contributed by atoms with Crippen LogP contribution in [0, 0.1) is 6.92 Å². The van der Waals surface area contributed by atoms with Gasteiger partial charge in [-0.25, -0.2) is 0 Å². The number of aryl methyl sites for hydroxylation is 2. The maximum Gasteiger partial charge on any atom is 0.204 e. The number of fused-ring (bicyclic) bond motifs is 1. The van der Waals surface area contributed by atoms with Crippen LogP contribution in [0.1, 0.15) is 5.56 Å². The van der Waals surface area contributed by atoms with Crippen LogP contribution in [0.3, 0.4) is 0 Å². The molecule has 0 aliphatic rings. The highest BCUT2D eigenvalue weighted by Crippen LogP contribution is 2.24. The van der Waals surface area contributed by atoms with Gasteiger partial charge in [-0.1, -0.05) is 0 Å². The number of benzene rings is 1. The molecular weight excluding hydrogens is 202 g/mol. The van der Waals surface area contributed by atoms with Crippen LogP contribution < -0.4 is 0 Å². The molecule has 2 aromatic heterocycles. The Hall–Kier alpha value is -2.17. The van der Waals surface area contributed by atoms with Crippen LogP contribution in [-0.2, 0) is 7.05 Å². The third-order valence-electron chi connectivity index (χ3n) is 2.79. The van der Waals surface area contributed by atoms with Gasteiger partial charge < -0.3 is 4.57 Å². The largest absolute Gasteiger partial charge is 0.350 e. The SMILES string of the molecule is Cc1cn(C)c2ccc(-c3nn[nH]n3)cc12. The normalized spacial score (nSPS) is 11.1. The number of nitrogens with one attached hydrogen (secondary N) is 1. The van der Waals surface area contributed by atoms with Crippen molar-refractivity contribution < 1.29 is 0 Å². The number of hydrogen-bond donors (Lipinski definition) is 1. The van der Waals surface area contributed by atoms with Crippen molar-refractivity contribution in [2.24, 2.45) is 7.05 Å². The molecule has 0 bridgehead atoms. The molecule has 5 heteroatoms. The van der Waals surface area contributed by atoms with E-state index >= 15 is 0 Å². The summed E-state index contributed by atoms with van der Waals surface area (Å²) in [7, 11) is 2.04. The van der Waals surface area contributed by atoms with Gasteiger partial charge in [0.05, 0.1) is 0 Å². The fourth-order valence-electron chi connectivity index (χ4n) is 2.01. The molecule has 16 heavy (non-hydrogen) atoms. The molecule has 0 amide bonds. The van der Waals surface area contributed by atoms with E-state index in [1.807, 2.05) is 13.1 Å². The van der Waals surface area contributed by atoms with Gasteiger partial charge in [0, 0.05) is 29.7 Å². The summed E-state index contributed by atoms with van der Waals surface area (Å²) in [6.07, 6.45) is 2.12. The van der Waals surface area contributed by atoms with Crippen molar-refractivity contribution in [3.63, 3.8) is 0 Å². The molecule has 1 N–H and O–H groups in total. The lowest BCUT2D eigenvalue weighted by Gasteiger charge is -1.98. The van der Waals surface area contributed by atoms with E-state index in [1.165, 1.54) is 16.5 Å². The summed E-state index contributed by atoms with van der Waals surface area (Å²) in [5, 5.41) is 15.2. The molecule has 0 saturated carbocycles. The van der Waals surface area contributed by atoms with Crippen molar-refractivity contribution >= 4 is 10.9 Å². The van der Waals surface area contributed by atoms with Crippen molar-refractivity contribution in [3.8, 4) is 11.4 Å². The first-order chi connectivity index (χ1) is 7.75. The zero-order chi connectivity index (χ0) is 11.1. The molecule has 5 nitrogen and oxygen atoms in total. The Kier molecular flexibility index (Phi) is 1.80. The third kappa shape index (κ3) is 1.21. The minimum Gasteiger partial charge on any atom is -0.350 e. The fraction of sp³-hybridized carbons (Fsp3) is 0.182. The molecule has 0 spiro atoms. The van der Waals surface area contributed by atoms with E-state index in [1.54, 1.807) is 0 Å². The average Bonchev–Trinajstić information content (AvgIpc) is 2.88. The van der Waals surface area contributed by atoms with Gasteiger partial charge in [-0.2, -0.15) is 5.21 Å². The maximum absolute atomic E-state index is 3.98. The quantitative estimate of drug-likeness (QED) is 0.668. The number of aromatic nitrogens is 5. The van der Waals surface area contributed by atoms with Crippen LogP contribution in [0.4, 0.5) is 0 Å². The van der Waals surface area contributed by atoms with Crippen LogP contribution in [0.15, 0.2) is 24.4 Å². The molecule has 3 rings (SSSR count). The predicted molar refractivity (Wildman–Crippen MR) is 60.8 cm³/mol. The molecule has 1 aromatic carbocycles. The summed E-state index contributed by atoms with van der Waals surface area (Å²) in [5.41, 5.74) is 3.45. The van der Waals surface area contributed by atoms with Crippen LogP contribution in [0.2, 0.25) is 0 Å². The van der Waals surface area contributed by atoms with Gasteiger partial charge >= 0.3 is 0 Å². The van der Waals surface area contributed by atoms with Crippen LogP contribution in [-0.4, -0.2) is 25.2 Å². The van der Waals surface area contributed by atoms with Crippen molar-refractivity contribution in [1.29, 1.82) is 0 Å². The number of H-pyrrole nitrogens is 1. The second-order valence-corrected chi connectivity index (χ2v) is 3.89. The lowest BCUT2D eigenvalue weighted by atomic mass is 10.1. The smallest absolute Gasteiger partial charge is 0.204 e. The van der Waals surface area contributed by atoms with E-state index < -0.39 is 0 Å². The van der Waals surface area contributed by atoms with E-state index in [2.05, 4.69) is 50.4 Å². The van der Waals surface area contributed by atoms with Gasteiger partial charge in [0.1, 0.15) is 0 Å². The minimum atomic E-state index is 0.630. The highest BCUT2D eigenvalue weighted by atomic mass is 15.5. The Morgan fingerprint density at radius 1 is 1.31 bits per heavy atom. The zero-order valence-corrected chi connectivity index (χ0v) is 9.10. The lowest BCUT2D eigenvalue weighted by molar-refractivity contribution is 0.881. The van der Waals surface area contributed by atoms with Crippen molar-refractivity contribution in [2.45, 2.75) is 6.92 Å². The monoisotopic (exact) mass is 213 g/mol. The Labute approximate surface area is 92.1 Å². The molecule has 0 saturated heterocycles. The Morgan fingerprint density at radius 2 is 2.19 bits per heavy atom. The number of tetrazole rings is 1. The van der Waals surface area contributed by atoms with Crippen molar-refractivity contribution in [3.05, 3.63) is 30.0 Å². The van der Waals surface area contributed by atoms with Crippen LogP contribution in [0.5, 0.6) is 0 Å². The van der Waals surface area contributed by atoms with E-state index in [0.29, 0.717) is 5.82 Å². The second kappa shape index (κ2) is 3.16. The highest BCUT2D eigenvalue weighted by Gasteiger charge is 2.07. The van der Waals surface area contributed by atoms with Gasteiger partial charge in [-0.05, 0) is 35.9 Å². The number of hydrogen-bond acceptors (Lipinski definition) is 3. The summed E-state index contributed by atoms with van der Waals surface area (Å²) in [4.78, 5) is 0. The van der Waals surface area contributed by atoms with Crippen LogP contribution >= 0.6 is 0 Å². The summed E-state index contributed by atoms with van der Waals surface area (Å²) >= 11 is 0. The van der Waals surface area contributed by atoms with Crippen molar-refractivity contribution in [1.82, 2.24) is 25.2 Å². The maximum atomic E-state index is 3.98. The Morgan fingerprint density at radius 3 is 2.94 bits per heavy atom. The average molecular weight is 213 g/mol. The predicted octanol–water partition coefficient (Wildman–Crippen LogP) is 1.67. The number of nitrogens with zero attached hydrogens (tertiary/aromatic N) is 4. The van der Waals surface area contributed by atoms with Crippen molar-refractivity contribution in [2.75, 3.05) is 0 Å². The van der Waals surface area contributed by atoms with Gasteiger partial charge in [0.15, 0.2) is 0 Å². The fourth-order valence-corrected chi connectivity index (χ4v) is 2.01. The van der Waals surface area contributed by atoms with Gasteiger partial charge in [0.25, 0.3) is 0 Å². The summed E-state index contributed by atoms with van der Waals surface area (Å²) in [6, 6.07) is 6.18. The summed E-state index contributed by atoms with van der Waals surface area (Å²) < 4.78 is 2.12. The number of aromatic amines is 1. The molecule has 3 aromatic rings. The standard InChI is InChI=1S/C11H11N5/c1-7-6-16(2)10-4-3-8(5-9(7)10)11-12-14-15-13-11/h3-6H,1-2H3,(H,12,13,14,15). The second-order valence-electron chi connectivity index (χ2n) is 3.89. The highest BCUT2D eigenvalue weighted by molar-refractivity contribution is 5.87. The summed E-state index contributed by atoms with van der Waals surface area (Å²) in [5.74, 6) is 0.630. The molecule has 0 fully saturated rings. The molecule has 0 radical (unpaired) electrons. The molecule has 80 valence electrons. The Balaban J connectivity index is 2.27. The van der Waals surface area contributed by atoms with E-state index in [9.17, 15) is 0 Å². The topological polar surface area (TPSA) is 59.4 Å². The van der Waals surface area contributed by atoms with Gasteiger partial charge in [-0.3, -0.25) is 0 Å². The summed E-state index contributed by atoms with van der Waals surface area (Å²) in [6.45, 7) is 2.10. The number of rotatable bonds is 1. The minimum absolute atomic E-state index is 0.630. The van der Waals surface area contributed by atoms with E-state index in [0.717, 1.165) is 5.56 Å². The van der Waals surface area contributed by atoms with Crippen LogP contribution in [0.25, 0.3) is 22.3 Å². The first kappa shape index (κ1) is 9.08. The van der Waals surface area contributed by atoms with Gasteiger partial charge in [-0.15, -0.1) is 10.2 Å².